The minimum absolute atomic E-state index is 0.0218. The molecule has 24 heavy (non-hydrogen) atoms. The molecule has 126 valence electrons. The number of carbonyl (C=O) groups excluding carboxylic acids is 1. The first-order valence-corrected chi connectivity index (χ1v) is 9.25. The van der Waals surface area contributed by atoms with Gasteiger partial charge in [0.25, 0.3) is 0 Å². The molecule has 7 heteroatoms. The number of rotatable bonds is 5. The van der Waals surface area contributed by atoms with Gasteiger partial charge in [0.2, 0.25) is 0 Å². The van der Waals surface area contributed by atoms with E-state index in [0.29, 0.717) is 24.0 Å². The normalized spacial score (nSPS) is 15.0. The van der Waals surface area contributed by atoms with Gasteiger partial charge in [0.05, 0.1) is 5.92 Å². The van der Waals surface area contributed by atoms with E-state index in [4.69, 9.17) is 15.3 Å². The van der Waals surface area contributed by atoms with Gasteiger partial charge in [-0.3, -0.25) is 10.2 Å². The third-order valence-corrected chi connectivity index (χ3v) is 5.31. The maximum absolute atomic E-state index is 12.0. The lowest BCUT2D eigenvalue weighted by atomic mass is 9.86. The first kappa shape index (κ1) is 16.4. The Bertz CT molecular complexity index is 917. The second-order valence-corrected chi connectivity index (χ2v) is 7.61. The fourth-order valence-corrected chi connectivity index (χ4v) is 3.66. The van der Waals surface area contributed by atoms with Crippen molar-refractivity contribution >= 4 is 32.7 Å². The fraction of sp³-hybridized carbons (Fsp3) is 0.294. The Morgan fingerprint density at radius 1 is 1.17 bits per heavy atom. The topological polar surface area (TPSA) is 110 Å². The highest BCUT2D eigenvalue weighted by molar-refractivity contribution is 7.86. The quantitative estimate of drug-likeness (QED) is 0.490. The predicted molar refractivity (Wildman–Crippen MR) is 91.0 cm³/mol. The lowest BCUT2D eigenvalue weighted by molar-refractivity contribution is -0.141. The van der Waals surface area contributed by atoms with Gasteiger partial charge in [-0.05, 0) is 35.2 Å². The van der Waals surface area contributed by atoms with Crippen molar-refractivity contribution in [2.45, 2.75) is 25.0 Å². The smallest absolute Gasteiger partial charge is 0.325 e. The molecule has 0 aromatic heterocycles. The average Bonchev–Trinajstić information content (AvgIpc) is 2.43. The second-order valence-electron chi connectivity index (χ2n) is 6.04. The van der Waals surface area contributed by atoms with Crippen LogP contribution >= 0.6 is 0 Å². The number of hydrogen-bond donors (Lipinski definition) is 2. The summed E-state index contributed by atoms with van der Waals surface area (Å²) in [6.45, 7) is 0. The average molecular weight is 346 g/mol. The molecule has 1 aliphatic rings. The van der Waals surface area contributed by atoms with Crippen LogP contribution in [-0.4, -0.2) is 20.2 Å². The van der Waals surface area contributed by atoms with E-state index < -0.39 is 16.1 Å². The number of amidine groups is 1. The summed E-state index contributed by atoms with van der Waals surface area (Å²) < 4.78 is 28.8. The van der Waals surface area contributed by atoms with Gasteiger partial charge in [-0.2, -0.15) is 8.42 Å². The van der Waals surface area contributed by atoms with E-state index in [1.165, 1.54) is 0 Å². The molecule has 0 bridgehead atoms. The van der Waals surface area contributed by atoms with Crippen molar-refractivity contribution < 1.29 is 17.4 Å². The summed E-state index contributed by atoms with van der Waals surface area (Å²) in [6.07, 6.45) is 2.33. The summed E-state index contributed by atoms with van der Waals surface area (Å²) in [7, 11) is -3.95. The van der Waals surface area contributed by atoms with Crippen molar-refractivity contribution in [3.05, 3.63) is 47.5 Å². The van der Waals surface area contributed by atoms with E-state index in [-0.39, 0.29) is 17.5 Å². The Kier molecular flexibility index (Phi) is 4.28. The highest BCUT2D eigenvalue weighted by atomic mass is 32.2. The maximum atomic E-state index is 12.0. The molecule has 0 unspecified atom stereocenters. The Labute approximate surface area is 140 Å². The van der Waals surface area contributed by atoms with Crippen molar-refractivity contribution in [3.63, 3.8) is 0 Å². The fourth-order valence-electron chi connectivity index (χ4n) is 2.62. The predicted octanol–water partition coefficient (Wildman–Crippen LogP) is 2.30. The van der Waals surface area contributed by atoms with Crippen LogP contribution in [0.2, 0.25) is 0 Å². The summed E-state index contributed by atoms with van der Waals surface area (Å²) in [4.78, 5) is 11.7. The molecule has 1 saturated carbocycles. The van der Waals surface area contributed by atoms with Crippen molar-refractivity contribution in [1.82, 2.24) is 0 Å². The van der Waals surface area contributed by atoms with E-state index in [2.05, 4.69) is 0 Å². The molecule has 0 atom stereocenters. The maximum Gasteiger partial charge on any atom is 0.325 e. The van der Waals surface area contributed by atoms with E-state index >= 15 is 0 Å². The number of nitrogens with two attached hydrogens (primary N) is 1. The van der Waals surface area contributed by atoms with Gasteiger partial charge >= 0.3 is 16.1 Å². The summed E-state index contributed by atoms with van der Waals surface area (Å²) in [5.41, 5.74) is 6.61. The van der Waals surface area contributed by atoms with Crippen molar-refractivity contribution in [3.8, 4) is 0 Å². The first-order chi connectivity index (χ1) is 11.3. The third kappa shape index (κ3) is 3.56. The van der Waals surface area contributed by atoms with Gasteiger partial charge in [-0.1, -0.05) is 36.8 Å². The van der Waals surface area contributed by atoms with Crippen LogP contribution in [0.4, 0.5) is 0 Å². The summed E-state index contributed by atoms with van der Waals surface area (Å²) >= 11 is 0. The molecule has 0 saturated heterocycles. The molecule has 1 fully saturated rings. The standard InChI is InChI=1S/C17H18N2O4S/c18-16(19)15-7-6-13-8-11(4-5-14(13)9-15)10-24(21,22)23-17(20)12-2-1-3-12/h4-9,12H,1-3,10H2,(H3,18,19). The van der Waals surface area contributed by atoms with Gasteiger partial charge < -0.3 is 9.92 Å². The molecule has 0 amide bonds. The highest BCUT2D eigenvalue weighted by Gasteiger charge is 2.30. The van der Waals surface area contributed by atoms with Crippen LogP contribution in [0.5, 0.6) is 0 Å². The molecular weight excluding hydrogens is 328 g/mol. The van der Waals surface area contributed by atoms with Crippen LogP contribution < -0.4 is 5.73 Å². The zero-order valence-electron chi connectivity index (χ0n) is 13.0. The molecule has 2 aromatic rings. The van der Waals surface area contributed by atoms with E-state index in [1.807, 2.05) is 0 Å². The van der Waals surface area contributed by atoms with Gasteiger partial charge in [-0.25, -0.2) is 0 Å². The van der Waals surface area contributed by atoms with Crippen molar-refractivity contribution in [2.24, 2.45) is 11.7 Å². The Hall–Kier alpha value is -2.41. The molecule has 6 nitrogen and oxygen atoms in total. The Balaban J connectivity index is 1.77. The number of hydrogen-bond acceptors (Lipinski definition) is 5. The summed E-state index contributed by atoms with van der Waals surface area (Å²) in [5, 5.41) is 9.13. The van der Waals surface area contributed by atoms with E-state index in [9.17, 15) is 13.2 Å². The van der Waals surface area contributed by atoms with Crippen LogP contribution in [0, 0.1) is 11.3 Å². The van der Waals surface area contributed by atoms with Crippen LogP contribution in [0.1, 0.15) is 30.4 Å². The number of benzene rings is 2. The number of nitrogen functional groups attached to an aromatic ring is 1. The van der Waals surface area contributed by atoms with Gasteiger partial charge in [0, 0.05) is 5.56 Å². The van der Waals surface area contributed by atoms with Crippen LogP contribution in [-0.2, 0) is 24.8 Å². The van der Waals surface area contributed by atoms with Crippen LogP contribution in [0.25, 0.3) is 10.8 Å². The van der Waals surface area contributed by atoms with E-state index in [1.54, 1.807) is 36.4 Å². The third-order valence-electron chi connectivity index (χ3n) is 4.21. The Morgan fingerprint density at radius 3 is 2.46 bits per heavy atom. The van der Waals surface area contributed by atoms with Gasteiger partial charge in [0.1, 0.15) is 11.6 Å². The lowest BCUT2D eigenvalue weighted by Crippen LogP contribution is -2.27. The van der Waals surface area contributed by atoms with Crippen LogP contribution in [0.3, 0.4) is 0 Å². The molecule has 0 radical (unpaired) electrons. The zero-order chi connectivity index (χ0) is 17.3. The molecule has 3 rings (SSSR count). The largest absolute Gasteiger partial charge is 0.384 e. The molecule has 0 spiro atoms. The minimum atomic E-state index is -3.95. The molecule has 1 aliphatic carbocycles. The van der Waals surface area contributed by atoms with Crippen molar-refractivity contribution in [2.75, 3.05) is 0 Å². The summed E-state index contributed by atoms with van der Waals surface area (Å²) in [6, 6.07) is 10.4. The monoisotopic (exact) mass is 346 g/mol. The minimum Gasteiger partial charge on any atom is -0.384 e. The number of nitrogens with one attached hydrogen (secondary N) is 1. The molecule has 0 heterocycles. The highest BCUT2D eigenvalue weighted by Crippen LogP contribution is 2.28. The number of fused-ring (bicyclic) bond motifs is 1. The molecule has 3 N–H and O–H groups in total. The van der Waals surface area contributed by atoms with Crippen LogP contribution in [0.15, 0.2) is 36.4 Å². The van der Waals surface area contributed by atoms with Gasteiger partial charge in [0.15, 0.2) is 0 Å². The van der Waals surface area contributed by atoms with Crippen molar-refractivity contribution in [1.29, 1.82) is 5.41 Å². The van der Waals surface area contributed by atoms with E-state index in [0.717, 1.165) is 17.2 Å². The molecule has 2 aromatic carbocycles. The van der Waals surface area contributed by atoms with Gasteiger partial charge in [-0.15, -0.1) is 0 Å². The molecule has 0 aliphatic heterocycles. The first-order valence-electron chi connectivity index (χ1n) is 7.67. The second kappa shape index (κ2) is 6.24. The molecular formula is C17H18N2O4S. The lowest BCUT2D eigenvalue weighted by Gasteiger charge is -2.22. The zero-order valence-corrected chi connectivity index (χ0v) is 13.8. The Morgan fingerprint density at radius 2 is 1.83 bits per heavy atom. The SMILES string of the molecule is N=C(N)c1ccc2cc(CS(=O)(=O)OC(=O)C3CCC3)ccc2c1. The number of carbonyl (C=O) groups is 1. The summed E-state index contributed by atoms with van der Waals surface area (Å²) in [5.74, 6) is -1.29.